The van der Waals surface area contributed by atoms with Gasteiger partial charge in [0.1, 0.15) is 11.3 Å². The molecule has 0 fully saturated rings. The normalized spacial score (nSPS) is 11.3. The Labute approximate surface area is 150 Å². The standard InChI is InChI=1S/C17H20N8O/c1-23(11-9-19-24(2)10-11)8-7-14-20-16-12-5-4-6-13(26-3)15(12)21-17(18)25(16)22-14/h4-6,9-10H,7-8H2,1-3H3,(H2,18,21). The number of para-hydroxylation sites is 1. The molecule has 0 amide bonds. The van der Waals surface area contributed by atoms with Crippen LogP contribution < -0.4 is 15.4 Å². The molecule has 3 heterocycles. The molecule has 26 heavy (non-hydrogen) atoms. The summed E-state index contributed by atoms with van der Waals surface area (Å²) in [5.41, 5.74) is 8.50. The number of rotatable bonds is 5. The molecule has 4 aromatic rings. The molecule has 0 aliphatic rings. The van der Waals surface area contributed by atoms with Crippen LogP contribution >= 0.6 is 0 Å². The van der Waals surface area contributed by atoms with Crippen LogP contribution in [0.4, 0.5) is 11.6 Å². The van der Waals surface area contributed by atoms with Gasteiger partial charge < -0.3 is 15.4 Å². The number of benzene rings is 1. The van der Waals surface area contributed by atoms with Gasteiger partial charge in [-0.2, -0.15) is 9.61 Å². The second kappa shape index (κ2) is 6.17. The van der Waals surface area contributed by atoms with Gasteiger partial charge in [-0.15, -0.1) is 5.10 Å². The highest BCUT2D eigenvalue weighted by molar-refractivity contribution is 5.95. The molecule has 9 heteroatoms. The van der Waals surface area contributed by atoms with Crippen LogP contribution in [0.1, 0.15) is 5.82 Å². The zero-order valence-corrected chi connectivity index (χ0v) is 14.9. The van der Waals surface area contributed by atoms with Crippen molar-refractivity contribution in [2.45, 2.75) is 6.42 Å². The lowest BCUT2D eigenvalue weighted by molar-refractivity contribution is 0.419. The van der Waals surface area contributed by atoms with E-state index < -0.39 is 0 Å². The summed E-state index contributed by atoms with van der Waals surface area (Å²) < 4.78 is 8.74. The predicted octanol–water partition coefficient (Wildman–Crippen LogP) is 1.28. The maximum Gasteiger partial charge on any atom is 0.223 e. The number of hydrogen-bond acceptors (Lipinski definition) is 7. The number of aromatic nitrogens is 6. The van der Waals surface area contributed by atoms with E-state index in [0.29, 0.717) is 29.2 Å². The highest BCUT2D eigenvalue weighted by atomic mass is 16.5. The Kier molecular flexibility index (Phi) is 3.83. The summed E-state index contributed by atoms with van der Waals surface area (Å²) in [5.74, 6) is 1.67. The molecular formula is C17H20N8O. The van der Waals surface area contributed by atoms with E-state index in [9.17, 15) is 0 Å². The Morgan fingerprint density at radius 1 is 1.27 bits per heavy atom. The van der Waals surface area contributed by atoms with Crippen molar-refractivity contribution in [2.75, 3.05) is 31.3 Å². The minimum atomic E-state index is 0.288. The van der Waals surface area contributed by atoms with Crippen molar-refractivity contribution in [3.05, 3.63) is 36.4 Å². The molecule has 0 aliphatic heterocycles. The van der Waals surface area contributed by atoms with Gasteiger partial charge in [-0.25, -0.2) is 9.97 Å². The van der Waals surface area contributed by atoms with Crippen LogP contribution in [-0.2, 0) is 13.5 Å². The van der Waals surface area contributed by atoms with E-state index in [-0.39, 0.29) is 5.95 Å². The summed E-state index contributed by atoms with van der Waals surface area (Å²) in [5, 5.41) is 9.57. The Morgan fingerprint density at radius 2 is 2.12 bits per heavy atom. The van der Waals surface area contributed by atoms with Crippen LogP contribution in [0.2, 0.25) is 0 Å². The van der Waals surface area contributed by atoms with Crippen LogP contribution in [0, 0.1) is 0 Å². The van der Waals surface area contributed by atoms with Crippen molar-refractivity contribution in [3.63, 3.8) is 0 Å². The number of anilines is 2. The lowest BCUT2D eigenvalue weighted by Gasteiger charge is -2.15. The largest absolute Gasteiger partial charge is 0.494 e. The summed E-state index contributed by atoms with van der Waals surface area (Å²) in [6.45, 7) is 0.761. The summed E-state index contributed by atoms with van der Waals surface area (Å²) in [4.78, 5) is 11.2. The van der Waals surface area contributed by atoms with E-state index in [2.05, 4.69) is 25.1 Å². The first kappa shape index (κ1) is 16.1. The third kappa shape index (κ3) is 2.67. The molecule has 2 N–H and O–H groups in total. The summed E-state index contributed by atoms with van der Waals surface area (Å²) in [6, 6.07) is 5.70. The molecule has 0 bridgehead atoms. The van der Waals surface area contributed by atoms with Crippen molar-refractivity contribution in [3.8, 4) is 5.75 Å². The smallest absolute Gasteiger partial charge is 0.223 e. The van der Waals surface area contributed by atoms with Gasteiger partial charge in [0.15, 0.2) is 11.5 Å². The quantitative estimate of drug-likeness (QED) is 0.577. The van der Waals surface area contributed by atoms with Gasteiger partial charge in [0.25, 0.3) is 0 Å². The molecule has 0 unspecified atom stereocenters. The zero-order valence-electron chi connectivity index (χ0n) is 14.9. The summed E-state index contributed by atoms with van der Waals surface area (Å²) in [6.07, 6.45) is 4.48. The number of fused-ring (bicyclic) bond motifs is 3. The van der Waals surface area contributed by atoms with Gasteiger partial charge in [-0.1, -0.05) is 6.07 Å². The molecule has 134 valence electrons. The van der Waals surface area contributed by atoms with Crippen molar-refractivity contribution in [1.29, 1.82) is 0 Å². The molecule has 0 saturated heterocycles. The minimum Gasteiger partial charge on any atom is -0.494 e. The molecule has 0 atom stereocenters. The number of likely N-dealkylation sites (N-methyl/N-ethyl adjacent to an activating group) is 1. The first-order valence-electron chi connectivity index (χ1n) is 8.24. The second-order valence-corrected chi connectivity index (χ2v) is 6.13. The van der Waals surface area contributed by atoms with Gasteiger partial charge in [0, 0.05) is 38.6 Å². The number of methoxy groups -OCH3 is 1. The average Bonchev–Trinajstić information content (AvgIpc) is 3.26. The second-order valence-electron chi connectivity index (χ2n) is 6.13. The van der Waals surface area contributed by atoms with E-state index in [1.165, 1.54) is 0 Å². The van der Waals surface area contributed by atoms with Gasteiger partial charge in [-0.05, 0) is 12.1 Å². The Balaban J connectivity index is 1.67. The summed E-state index contributed by atoms with van der Waals surface area (Å²) in [7, 11) is 5.53. The first-order valence-corrected chi connectivity index (χ1v) is 8.24. The number of nitrogens with two attached hydrogens (primary N) is 1. The van der Waals surface area contributed by atoms with E-state index in [0.717, 1.165) is 17.6 Å². The predicted molar refractivity (Wildman–Crippen MR) is 99.4 cm³/mol. The highest BCUT2D eigenvalue weighted by Gasteiger charge is 2.15. The Hall–Kier alpha value is -3.36. The molecular weight excluding hydrogens is 332 g/mol. The molecule has 3 aromatic heterocycles. The fourth-order valence-electron chi connectivity index (χ4n) is 2.94. The average molecular weight is 352 g/mol. The fourth-order valence-corrected chi connectivity index (χ4v) is 2.94. The summed E-state index contributed by atoms with van der Waals surface area (Å²) >= 11 is 0. The third-order valence-electron chi connectivity index (χ3n) is 4.36. The number of aryl methyl sites for hydroxylation is 1. The molecule has 1 aromatic carbocycles. The van der Waals surface area contributed by atoms with Crippen molar-refractivity contribution in [1.82, 2.24) is 29.4 Å². The monoisotopic (exact) mass is 352 g/mol. The van der Waals surface area contributed by atoms with Gasteiger partial charge in [-0.3, -0.25) is 4.68 Å². The van der Waals surface area contributed by atoms with Crippen LogP contribution in [0.15, 0.2) is 30.6 Å². The van der Waals surface area contributed by atoms with Crippen LogP contribution in [0.25, 0.3) is 16.6 Å². The molecule has 0 radical (unpaired) electrons. The molecule has 0 spiro atoms. The van der Waals surface area contributed by atoms with E-state index >= 15 is 0 Å². The lowest BCUT2D eigenvalue weighted by atomic mass is 10.2. The van der Waals surface area contributed by atoms with Crippen LogP contribution in [0.5, 0.6) is 5.75 Å². The minimum absolute atomic E-state index is 0.288. The number of hydrogen-bond donors (Lipinski definition) is 1. The maximum absolute atomic E-state index is 6.08. The highest BCUT2D eigenvalue weighted by Crippen LogP contribution is 2.27. The third-order valence-corrected chi connectivity index (χ3v) is 4.36. The van der Waals surface area contributed by atoms with E-state index in [1.807, 2.05) is 44.7 Å². The topological polar surface area (TPSA) is 99.4 Å². The molecule has 0 aliphatic carbocycles. The van der Waals surface area contributed by atoms with E-state index in [4.69, 9.17) is 10.5 Å². The van der Waals surface area contributed by atoms with Crippen molar-refractivity contribution < 1.29 is 4.74 Å². The Bertz CT molecular complexity index is 1080. The lowest BCUT2D eigenvalue weighted by Crippen LogP contribution is -2.20. The first-order chi connectivity index (χ1) is 12.6. The van der Waals surface area contributed by atoms with Crippen molar-refractivity contribution in [2.24, 2.45) is 7.05 Å². The molecule has 0 saturated carbocycles. The molecule has 9 nitrogen and oxygen atoms in total. The Morgan fingerprint density at radius 3 is 2.85 bits per heavy atom. The van der Waals surface area contributed by atoms with Crippen LogP contribution in [-0.4, -0.2) is 50.1 Å². The van der Waals surface area contributed by atoms with E-state index in [1.54, 1.807) is 16.3 Å². The van der Waals surface area contributed by atoms with Crippen molar-refractivity contribution >= 4 is 28.2 Å². The van der Waals surface area contributed by atoms with Gasteiger partial charge >= 0.3 is 0 Å². The van der Waals surface area contributed by atoms with Gasteiger partial charge in [0.05, 0.1) is 19.0 Å². The fraction of sp³-hybridized carbons (Fsp3) is 0.294. The SMILES string of the molecule is COc1cccc2c1nc(N)n1nc(CCN(C)c3cnn(C)c3)nc21. The number of ether oxygens (including phenoxy) is 1. The number of nitrogens with zero attached hydrogens (tertiary/aromatic N) is 7. The zero-order chi connectivity index (χ0) is 18.3. The van der Waals surface area contributed by atoms with Crippen LogP contribution in [0.3, 0.4) is 0 Å². The molecule has 4 rings (SSSR count). The van der Waals surface area contributed by atoms with Gasteiger partial charge in [0.2, 0.25) is 5.95 Å². The maximum atomic E-state index is 6.08. The number of nitrogen functional groups attached to an aromatic ring is 1.